The van der Waals surface area contributed by atoms with Gasteiger partial charge in [0.05, 0.1) is 11.8 Å². The van der Waals surface area contributed by atoms with Crippen LogP contribution in [0.4, 0.5) is 13.2 Å². The van der Waals surface area contributed by atoms with E-state index in [2.05, 4.69) is 5.32 Å². The zero-order valence-corrected chi connectivity index (χ0v) is 8.56. The van der Waals surface area contributed by atoms with Crippen LogP contribution in [0.15, 0.2) is 28.9 Å². The van der Waals surface area contributed by atoms with Gasteiger partial charge in [0.2, 0.25) is 0 Å². The minimum absolute atomic E-state index is 0.143. The van der Waals surface area contributed by atoms with Crippen LogP contribution >= 0.6 is 0 Å². The van der Waals surface area contributed by atoms with E-state index in [1.807, 2.05) is 0 Å². The molecule has 86 valence electrons. The van der Waals surface area contributed by atoms with Crippen molar-refractivity contribution in [1.82, 2.24) is 5.32 Å². The quantitative estimate of drug-likeness (QED) is 0.855. The van der Waals surface area contributed by atoms with Crippen molar-refractivity contribution >= 4 is 11.0 Å². The number of nitrogens with one attached hydrogen (secondary N) is 1. The molecule has 0 spiro atoms. The lowest BCUT2D eigenvalue weighted by atomic mass is 10.1. The summed E-state index contributed by atoms with van der Waals surface area (Å²) in [4.78, 5) is 0. The molecular formula is C11H10F3NO. The summed E-state index contributed by atoms with van der Waals surface area (Å²) >= 11 is 0. The first kappa shape index (κ1) is 11.0. The first-order valence-corrected chi connectivity index (χ1v) is 4.75. The lowest BCUT2D eigenvalue weighted by molar-refractivity contribution is -0.136. The highest BCUT2D eigenvalue weighted by Crippen LogP contribution is 2.36. The minimum Gasteiger partial charge on any atom is -0.464 e. The molecule has 0 fully saturated rings. The molecule has 0 amide bonds. The van der Waals surface area contributed by atoms with Gasteiger partial charge in [-0.25, -0.2) is 0 Å². The highest BCUT2D eigenvalue weighted by Gasteiger charge is 2.33. The molecule has 0 atom stereocenters. The van der Waals surface area contributed by atoms with Crippen LogP contribution in [0.5, 0.6) is 0 Å². The first-order chi connectivity index (χ1) is 7.54. The van der Waals surface area contributed by atoms with Crippen molar-refractivity contribution in [2.45, 2.75) is 12.7 Å². The van der Waals surface area contributed by atoms with Gasteiger partial charge in [-0.15, -0.1) is 0 Å². The summed E-state index contributed by atoms with van der Waals surface area (Å²) in [6.45, 7) is 0.347. The molecule has 0 saturated heterocycles. The van der Waals surface area contributed by atoms with Crippen LogP contribution in [0.2, 0.25) is 0 Å². The Hall–Kier alpha value is -1.49. The van der Waals surface area contributed by atoms with Crippen LogP contribution in [0.25, 0.3) is 11.0 Å². The van der Waals surface area contributed by atoms with Crippen LogP contribution in [-0.4, -0.2) is 7.05 Å². The second kappa shape index (κ2) is 3.83. The number of fused-ring (bicyclic) bond motifs is 1. The average Bonchev–Trinajstić information content (AvgIpc) is 2.61. The minimum atomic E-state index is -4.36. The maximum Gasteiger partial charge on any atom is 0.417 e. The van der Waals surface area contributed by atoms with Gasteiger partial charge in [-0.3, -0.25) is 0 Å². The van der Waals surface area contributed by atoms with E-state index in [1.54, 1.807) is 7.05 Å². The topological polar surface area (TPSA) is 25.2 Å². The Bertz CT molecular complexity index is 501. The molecule has 2 rings (SSSR count). The Labute approximate surface area is 90.0 Å². The fourth-order valence-corrected chi connectivity index (χ4v) is 1.71. The molecular weight excluding hydrogens is 219 g/mol. The zero-order valence-electron chi connectivity index (χ0n) is 8.56. The SMILES string of the molecule is CNCc1coc2cccc(C(F)(F)F)c12. The summed E-state index contributed by atoms with van der Waals surface area (Å²) in [5.74, 6) is 0. The summed E-state index contributed by atoms with van der Waals surface area (Å²) in [7, 11) is 1.68. The maximum atomic E-state index is 12.8. The van der Waals surface area contributed by atoms with E-state index in [0.29, 0.717) is 12.1 Å². The van der Waals surface area contributed by atoms with Crippen molar-refractivity contribution in [3.63, 3.8) is 0 Å². The molecule has 0 bridgehead atoms. The summed E-state index contributed by atoms with van der Waals surface area (Å²) in [6.07, 6.45) is -3.00. The van der Waals surface area contributed by atoms with Gasteiger partial charge in [0, 0.05) is 17.5 Å². The molecule has 1 aromatic carbocycles. The molecule has 0 aliphatic carbocycles. The second-order valence-electron chi connectivity index (χ2n) is 3.47. The fourth-order valence-electron chi connectivity index (χ4n) is 1.71. The van der Waals surface area contributed by atoms with Gasteiger partial charge in [0.15, 0.2) is 0 Å². The average molecular weight is 229 g/mol. The Morgan fingerprint density at radius 3 is 2.69 bits per heavy atom. The van der Waals surface area contributed by atoms with Gasteiger partial charge >= 0.3 is 6.18 Å². The zero-order chi connectivity index (χ0) is 11.8. The van der Waals surface area contributed by atoms with Crippen molar-refractivity contribution in [2.75, 3.05) is 7.05 Å². The van der Waals surface area contributed by atoms with E-state index in [4.69, 9.17) is 4.42 Å². The first-order valence-electron chi connectivity index (χ1n) is 4.75. The number of hydrogen-bond acceptors (Lipinski definition) is 2. The van der Waals surface area contributed by atoms with Crippen LogP contribution < -0.4 is 5.32 Å². The van der Waals surface area contributed by atoms with Crippen molar-refractivity contribution in [3.05, 3.63) is 35.6 Å². The predicted molar refractivity (Wildman–Crippen MR) is 54.0 cm³/mol. The van der Waals surface area contributed by atoms with Crippen LogP contribution in [-0.2, 0) is 12.7 Å². The lowest BCUT2D eigenvalue weighted by Gasteiger charge is -2.08. The Morgan fingerprint density at radius 1 is 1.31 bits per heavy atom. The van der Waals surface area contributed by atoms with Gasteiger partial charge in [0.25, 0.3) is 0 Å². The highest BCUT2D eigenvalue weighted by molar-refractivity contribution is 5.85. The summed E-state index contributed by atoms with van der Waals surface area (Å²) in [6, 6.07) is 3.94. The number of hydrogen-bond donors (Lipinski definition) is 1. The van der Waals surface area contributed by atoms with E-state index in [0.717, 1.165) is 6.07 Å². The molecule has 0 aliphatic rings. The van der Waals surface area contributed by atoms with E-state index in [-0.39, 0.29) is 11.0 Å². The molecule has 16 heavy (non-hydrogen) atoms. The molecule has 2 aromatic rings. The van der Waals surface area contributed by atoms with Gasteiger partial charge in [0.1, 0.15) is 5.58 Å². The van der Waals surface area contributed by atoms with Crippen molar-refractivity contribution in [1.29, 1.82) is 0 Å². The molecule has 5 heteroatoms. The summed E-state index contributed by atoms with van der Waals surface area (Å²) in [5, 5.41) is 2.96. The Kier molecular flexibility index (Phi) is 2.63. The standard InChI is InChI=1S/C11H10F3NO/c1-15-5-7-6-16-9-4-2-3-8(10(7)9)11(12,13)14/h2-4,6,15H,5H2,1H3. The van der Waals surface area contributed by atoms with E-state index >= 15 is 0 Å². The second-order valence-corrected chi connectivity index (χ2v) is 3.47. The fraction of sp³-hybridized carbons (Fsp3) is 0.273. The van der Waals surface area contributed by atoms with Crippen LogP contribution in [0.3, 0.4) is 0 Å². The molecule has 1 heterocycles. The van der Waals surface area contributed by atoms with Gasteiger partial charge in [-0.05, 0) is 19.2 Å². The normalized spacial score (nSPS) is 12.2. The number of benzene rings is 1. The van der Waals surface area contributed by atoms with E-state index in [9.17, 15) is 13.2 Å². The Morgan fingerprint density at radius 2 is 2.06 bits per heavy atom. The molecule has 1 aromatic heterocycles. The van der Waals surface area contributed by atoms with Crippen LogP contribution in [0.1, 0.15) is 11.1 Å². The molecule has 0 saturated carbocycles. The third-order valence-electron chi connectivity index (χ3n) is 2.35. The highest BCUT2D eigenvalue weighted by atomic mass is 19.4. The molecule has 0 unspecified atom stereocenters. The summed E-state index contributed by atoms with van der Waals surface area (Å²) in [5.41, 5.74) is 0.134. The maximum absolute atomic E-state index is 12.8. The van der Waals surface area contributed by atoms with Crippen molar-refractivity contribution in [3.8, 4) is 0 Å². The van der Waals surface area contributed by atoms with Crippen molar-refractivity contribution < 1.29 is 17.6 Å². The number of rotatable bonds is 2. The number of alkyl halides is 3. The molecule has 1 N–H and O–H groups in total. The molecule has 0 aliphatic heterocycles. The van der Waals surface area contributed by atoms with E-state index < -0.39 is 11.7 Å². The van der Waals surface area contributed by atoms with Gasteiger partial charge in [-0.1, -0.05) is 6.07 Å². The summed E-state index contributed by atoms with van der Waals surface area (Å²) < 4.78 is 43.4. The molecule has 2 nitrogen and oxygen atoms in total. The predicted octanol–water partition coefficient (Wildman–Crippen LogP) is 3.17. The monoisotopic (exact) mass is 229 g/mol. The van der Waals surface area contributed by atoms with Gasteiger partial charge < -0.3 is 9.73 Å². The smallest absolute Gasteiger partial charge is 0.417 e. The number of halogens is 3. The number of furan rings is 1. The third kappa shape index (κ3) is 1.78. The van der Waals surface area contributed by atoms with Crippen LogP contribution in [0, 0.1) is 0 Å². The van der Waals surface area contributed by atoms with E-state index in [1.165, 1.54) is 18.4 Å². The van der Waals surface area contributed by atoms with Gasteiger partial charge in [-0.2, -0.15) is 13.2 Å². The Balaban J connectivity index is 2.68. The van der Waals surface area contributed by atoms with Crippen molar-refractivity contribution in [2.24, 2.45) is 0 Å². The third-order valence-corrected chi connectivity index (χ3v) is 2.35. The largest absolute Gasteiger partial charge is 0.464 e. The lowest BCUT2D eigenvalue weighted by Crippen LogP contribution is -2.08. The molecule has 0 radical (unpaired) electrons.